The van der Waals surface area contributed by atoms with E-state index in [4.69, 9.17) is 16.5 Å². The van der Waals surface area contributed by atoms with E-state index in [2.05, 4.69) is 29.7 Å². The van der Waals surface area contributed by atoms with Gasteiger partial charge in [0.05, 0.1) is 71.0 Å². The summed E-state index contributed by atoms with van der Waals surface area (Å²) in [5.41, 5.74) is 18.5. The van der Waals surface area contributed by atoms with Gasteiger partial charge in [0.1, 0.15) is 0 Å². The van der Waals surface area contributed by atoms with Crippen LogP contribution in [0.15, 0.2) is 110 Å². The predicted octanol–water partition coefficient (Wildman–Crippen LogP) is 5.89. The van der Waals surface area contributed by atoms with Crippen LogP contribution in [0.25, 0.3) is 22.1 Å². The minimum Gasteiger partial charge on any atom is -0.370 e. The third-order valence-corrected chi connectivity index (χ3v) is 10.5. The van der Waals surface area contributed by atoms with Gasteiger partial charge in [-0.2, -0.15) is 13.2 Å². The molecule has 286 valence electrons. The molecule has 0 aliphatic carbocycles. The normalized spacial score (nSPS) is 16.8. The molecule has 12 nitrogen and oxygen atoms in total. The van der Waals surface area contributed by atoms with Gasteiger partial charge in [0, 0.05) is 36.9 Å². The van der Waals surface area contributed by atoms with Crippen LogP contribution in [-0.2, 0) is 28.7 Å². The van der Waals surface area contributed by atoms with Gasteiger partial charge in [0.15, 0.2) is 0 Å². The van der Waals surface area contributed by atoms with Crippen LogP contribution in [0.1, 0.15) is 47.1 Å². The quantitative estimate of drug-likeness (QED) is 0.120. The lowest BCUT2D eigenvalue weighted by atomic mass is 9.83. The van der Waals surface area contributed by atoms with Crippen molar-refractivity contribution in [2.24, 2.45) is 11.5 Å². The number of nitrogens with one attached hydrogen (secondary N) is 2. The molecule has 15 heteroatoms. The molecule has 1 fully saturated rings. The summed E-state index contributed by atoms with van der Waals surface area (Å²) in [4.78, 5) is 48.4. The molecule has 3 atom stereocenters. The Balaban J connectivity index is 1.28. The van der Waals surface area contributed by atoms with Crippen molar-refractivity contribution in [3.05, 3.63) is 138 Å². The van der Waals surface area contributed by atoms with Gasteiger partial charge < -0.3 is 35.8 Å². The minimum absolute atomic E-state index is 0.0738. The van der Waals surface area contributed by atoms with Crippen LogP contribution < -0.4 is 21.3 Å². The second-order valence-corrected chi connectivity index (χ2v) is 14.1. The van der Waals surface area contributed by atoms with Crippen molar-refractivity contribution >= 4 is 45.3 Å². The average molecular weight is 761 g/mol. The van der Waals surface area contributed by atoms with Gasteiger partial charge in [0.2, 0.25) is 17.6 Å². The zero-order chi connectivity index (χ0) is 39.0. The van der Waals surface area contributed by atoms with Crippen LogP contribution in [0.5, 0.6) is 0 Å². The highest BCUT2D eigenvalue weighted by Crippen LogP contribution is 2.40. The molecule has 3 unspecified atom stereocenters. The Hall–Kier alpha value is -6.64. The molecule has 0 spiro atoms. The van der Waals surface area contributed by atoms with Crippen LogP contribution in [-0.4, -0.2) is 66.5 Å². The molecule has 4 aromatic carbocycles. The highest BCUT2D eigenvalue weighted by molar-refractivity contribution is 5.81. The SMILES string of the molecule is NC(=O)CCC1CN(c2ccccc2)C(C(c2ccccc2)c2ncn(Cc3cccc4[nH]cnc34)c2CC(N)=O)CN1c1ccc2[nH]c(C(F)(F)F)nc2c1. The fraction of sp³-hybridized carbons (Fsp3) is 0.244. The summed E-state index contributed by atoms with van der Waals surface area (Å²) in [7, 11) is 0. The number of halogens is 3. The second-order valence-electron chi connectivity index (χ2n) is 14.1. The molecule has 1 aliphatic heterocycles. The summed E-state index contributed by atoms with van der Waals surface area (Å²) < 4.78 is 43.0. The number of piperazine rings is 1. The number of amides is 2. The van der Waals surface area contributed by atoms with E-state index >= 15 is 0 Å². The van der Waals surface area contributed by atoms with E-state index in [1.165, 1.54) is 0 Å². The summed E-state index contributed by atoms with van der Waals surface area (Å²) in [5.74, 6) is -2.48. The number of carbonyl (C=O) groups is 2. The third-order valence-electron chi connectivity index (χ3n) is 10.5. The number of hydrogen-bond acceptors (Lipinski definition) is 7. The van der Waals surface area contributed by atoms with Gasteiger partial charge in [0.25, 0.3) is 0 Å². The van der Waals surface area contributed by atoms with Gasteiger partial charge in [-0.1, -0.05) is 60.7 Å². The van der Waals surface area contributed by atoms with E-state index in [1.54, 1.807) is 30.9 Å². The van der Waals surface area contributed by atoms with Crippen LogP contribution in [0.3, 0.4) is 0 Å². The number of carbonyl (C=O) groups excluding carboxylic acids is 2. The summed E-state index contributed by atoms with van der Waals surface area (Å²) in [5, 5.41) is 0. The molecule has 1 saturated heterocycles. The molecule has 2 amide bonds. The molecule has 3 aromatic heterocycles. The van der Waals surface area contributed by atoms with Crippen molar-refractivity contribution in [2.45, 2.75) is 50.0 Å². The number of fused-ring (bicyclic) bond motifs is 2. The fourth-order valence-electron chi connectivity index (χ4n) is 8.03. The summed E-state index contributed by atoms with van der Waals surface area (Å²) in [6.07, 6.45) is -0.831. The van der Waals surface area contributed by atoms with Crippen molar-refractivity contribution in [1.29, 1.82) is 0 Å². The Labute approximate surface area is 319 Å². The maximum atomic E-state index is 13.7. The monoisotopic (exact) mass is 760 g/mol. The molecule has 8 rings (SSSR count). The first-order chi connectivity index (χ1) is 27.0. The van der Waals surface area contributed by atoms with Gasteiger partial charge in [-0.3, -0.25) is 9.59 Å². The molecule has 56 heavy (non-hydrogen) atoms. The number of primary amides is 2. The van der Waals surface area contributed by atoms with E-state index in [9.17, 15) is 22.8 Å². The third kappa shape index (κ3) is 7.27. The maximum Gasteiger partial charge on any atom is 0.449 e. The fourth-order valence-corrected chi connectivity index (χ4v) is 8.03. The highest BCUT2D eigenvalue weighted by atomic mass is 19.4. The minimum atomic E-state index is -4.64. The number of anilines is 2. The number of nitrogens with zero attached hydrogens (tertiary/aromatic N) is 6. The van der Waals surface area contributed by atoms with Crippen LogP contribution in [0.4, 0.5) is 24.5 Å². The molecule has 4 heterocycles. The molecule has 6 N–H and O–H groups in total. The zero-order valence-corrected chi connectivity index (χ0v) is 30.2. The van der Waals surface area contributed by atoms with Crippen molar-refractivity contribution in [3.63, 3.8) is 0 Å². The maximum absolute atomic E-state index is 13.7. The molecule has 0 bridgehead atoms. The van der Waals surface area contributed by atoms with E-state index in [0.717, 1.165) is 27.8 Å². The van der Waals surface area contributed by atoms with Crippen molar-refractivity contribution in [2.75, 3.05) is 22.9 Å². The lowest BCUT2D eigenvalue weighted by Crippen LogP contribution is -2.61. The summed E-state index contributed by atoms with van der Waals surface area (Å²) >= 11 is 0. The number of rotatable bonds is 12. The number of hydrogen-bond donors (Lipinski definition) is 4. The molecule has 7 aromatic rings. The molecular weight excluding hydrogens is 722 g/mol. The first-order valence-electron chi connectivity index (χ1n) is 18.2. The van der Waals surface area contributed by atoms with E-state index in [1.807, 2.05) is 83.4 Å². The number of H-pyrrole nitrogens is 2. The molecular formula is C41H39F3N10O2. The van der Waals surface area contributed by atoms with E-state index < -0.39 is 29.7 Å². The molecule has 1 aliphatic rings. The standard InChI is InChI=1S/C41H39F3N10O2/c42-41(43,44)40-50-30-16-14-28(18-32(30)51-40)53-22-34(54(27-11-5-2-6-12-27)21-29(53)15-17-35(45)55)37(25-8-3-1-4-9-25)39-33(19-36(46)56)52(24-49-39)20-26-10-7-13-31-38(26)48-23-47-31/h1-14,16,18,23-24,29,34,37H,15,17,19-22H2,(H2,45,55)(H2,46,56)(H,47,48)(H,50,51). The number of alkyl halides is 3. The number of benzene rings is 4. The van der Waals surface area contributed by atoms with Gasteiger partial charge >= 0.3 is 6.18 Å². The number of aromatic amines is 2. The van der Waals surface area contributed by atoms with E-state index in [0.29, 0.717) is 43.1 Å². The lowest BCUT2D eigenvalue weighted by molar-refractivity contribution is -0.144. The first-order valence-corrected chi connectivity index (χ1v) is 18.2. The number of aromatic nitrogens is 6. The smallest absolute Gasteiger partial charge is 0.370 e. The Morgan fingerprint density at radius 1 is 0.839 bits per heavy atom. The van der Waals surface area contributed by atoms with Crippen molar-refractivity contribution < 1.29 is 22.8 Å². The van der Waals surface area contributed by atoms with Crippen molar-refractivity contribution in [1.82, 2.24) is 29.5 Å². The van der Waals surface area contributed by atoms with E-state index in [-0.39, 0.29) is 36.0 Å². The first kappa shape index (κ1) is 36.3. The largest absolute Gasteiger partial charge is 0.449 e. The Kier molecular flexibility index (Phi) is 9.66. The van der Waals surface area contributed by atoms with Crippen LogP contribution >= 0.6 is 0 Å². The molecule has 0 radical (unpaired) electrons. The second kappa shape index (κ2) is 14.9. The van der Waals surface area contributed by atoms with Crippen molar-refractivity contribution in [3.8, 4) is 0 Å². The van der Waals surface area contributed by atoms with Gasteiger partial charge in [-0.05, 0) is 53.9 Å². The molecule has 0 saturated carbocycles. The Morgan fingerprint density at radius 3 is 2.34 bits per heavy atom. The average Bonchev–Trinajstić information content (AvgIpc) is 3.94. The number of imidazole rings is 3. The summed E-state index contributed by atoms with van der Waals surface area (Å²) in [6.45, 7) is 1.18. The number of para-hydroxylation sites is 2. The summed E-state index contributed by atoms with van der Waals surface area (Å²) in [6, 6.07) is 30.1. The van der Waals surface area contributed by atoms with Crippen LogP contribution in [0.2, 0.25) is 0 Å². The lowest BCUT2D eigenvalue weighted by Gasteiger charge is -2.51. The van der Waals surface area contributed by atoms with Crippen LogP contribution in [0, 0.1) is 0 Å². The number of nitrogens with two attached hydrogens (primary N) is 2. The Morgan fingerprint density at radius 2 is 1.61 bits per heavy atom. The predicted molar refractivity (Wildman–Crippen MR) is 207 cm³/mol. The Bertz CT molecular complexity index is 2500. The highest BCUT2D eigenvalue weighted by Gasteiger charge is 2.42. The van der Waals surface area contributed by atoms with Gasteiger partial charge in [-0.25, -0.2) is 15.0 Å². The topological polar surface area (TPSA) is 168 Å². The van der Waals surface area contributed by atoms with Gasteiger partial charge in [-0.15, -0.1) is 0 Å². The zero-order valence-electron chi connectivity index (χ0n) is 30.2.